The summed E-state index contributed by atoms with van der Waals surface area (Å²) >= 11 is 0. The summed E-state index contributed by atoms with van der Waals surface area (Å²) in [6.07, 6.45) is 3.94. The highest BCUT2D eigenvalue weighted by atomic mass is 16.5. The van der Waals surface area contributed by atoms with Crippen LogP contribution in [0.25, 0.3) is 33.3 Å². The molecule has 29 heavy (non-hydrogen) atoms. The van der Waals surface area contributed by atoms with Gasteiger partial charge in [-0.1, -0.05) is 36.4 Å². The van der Waals surface area contributed by atoms with Crippen LogP contribution in [0.4, 0.5) is 0 Å². The fourth-order valence-electron chi connectivity index (χ4n) is 4.17. The van der Waals surface area contributed by atoms with E-state index in [0.29, 0.717) is 6.42 Å². The molecule has 5 rings (SSSR count). The van der Waals surface area contributed by atoms with Crippen molar-refractivity contribution in [1.29, 1.82) is 0 Å². The number of carbonyl (C=O) groups excluding carboxylic acids is 1. The van der Waals surface area contributed by atoms with Crippen molar-refractivity contribution >= 4 is 16.6 Å². The fraction of sp³-hybridized carbons (Fsp3) is 0.160. The Bertz CT molecular complexity index is 1230. The minimum atomic E-state index is 0.149. The average molecular weight is 380 g/mol. The molecule has 0 N–H and O–H groups in total. The maximum atomic E-state index is 13.0. The third-order valence-electron chi connectivity index (χ3n) is 5.50. The van der Waals surface area contributed by atoms with Crippen molar-refractivity contribution in [3.63, 3.8) is 0 Å². The monoisotopic (exact) mass is 380 g/mol. The van der Waals surface area contributed by atoms with Crippen molar-refractivity contribution < 1.29 is 9.53 Å². The van der Waals surface area contributed by atoms with Gasteiger partial charge in [-0.05, 0) is 47.9 Å². The van der Waals surface area contributed by atoms with Crippen LogP contribution >= 0.6 is 0 Å². The van der Waals surface area contributed by atoms with Crippen molar-refractivity contribution in [2.24, 2.45) is 0 Å². The summed E-state index contributed by atoms with van der Waals surface area (Å²) in [6, 6.07) is 20.0. The molecule has 2 aromatic heterocycles. The van der Waals surface area contributed by atoms with Crippen molar-refractivity contribution in [2.45, 2.75) is 19.3 Å². The lowest BCUT2D eigenvalue weighted by atomic mass is 9.85. The molecular weight excluding hydrogens is 360 g/mol. The van der Waals surface area contributed by atoms with Crippen LogP contribution in [-0.2, 0) is 6.42 Å². The summed E-state index contributed by atoms with van der Waals surface area (Å²) in [7, 11) is 1.67. The maximum Gasteiger partial charge on any atom is 0.165 e. The predicted octanol–water partition coefficient (Wildman–Crippen LogP) is 5.49. The van der Waals surface area contributed by atoms with E-state index < -0.39 is 0 Å². The second-order valence-electron chi connectivity index (χ2n) is 7.23. The second kappa shape index (κ2) is 7.13. The summed E-state index contributed by atoms with van der Waals surface area (Å²) in [6.45, 7) is 0. The smallest absolute Gasteiger partial charge is 0.165 e. The normalized spacial score (nSPS) is 13.3. The van der Waals surface area contributed by atoms with Gasteiger partial charge in [0.2, 0.25) is 0 Å². The van der Waals surface area contributed by atoms with Crippen molar-refractivity contribution in [1.82, 2.24) is 9.97 Å². The third kappa shape index (κ3) is 2.97. The first-order chi connectivity index (χ1) is 14.3. The lowest BCUT2D eigenvalue weighted by molar-refractivity contribution is 0.0972. The third-order valence-corrected chi connectivity index (χ3v) is 5.50. The van der Waals surface area contributed by atoms with Crippen LogP contribution in [-0.4, -0.2) is 22.9 Å². The number of ether oxygens (including phenoxy) is 1. The lowest BCUT2D eigenvalue weighted by Crippen LogP contribution is -2.15. The van der Waals surface area contributed by atoms with Crippen LogP contribution in [0.2, 0.25) is 0 Å². The van der Waals surface area contributed by atoms with E-state index in [1.807, 2.05) is 48.5 Å². The standard InChI is InChI=1S/C25H20N2O2/c1-29-23-13-12-16-7-2-3-8-17(16)24(23)18-15-21(19-9-4-5-14-26-19)27-20-10-6-11-22(28)25(18)20/h2-5,7-9,12-15H,6,10-11H2,1H3. The molecule has 0 radical (unpaired) electrons. The highest BCUT2D eigenvalue weighted by Crippen LogP contribution is 2.42. The molecule has 0 unspecified atom stereocenters. The van der Waals surface area contributed by atoms with Gasteiger partial charge in [0.1, 0.15) is 5.75 Å². The zero-order valence-electron chi connectivity index (χ0n) is 16.2. The van der Waals surface area contributed by atoms with Gasteiger partial charge in [0, 0.05) is 29.3 Å². The van der Waals surface area contributed by atoms with E-state index in [1.54, 1.807) is 13.3 Å². The first-order valence-electron chi connectivity index (χ1n) is 9.81. The number of aromatic nitrogens is 2. The van der Waals surface area contributed by atoms with E-state index in [4.69, 9.17) is 9.72 Å². The quantitative estimate of drug-likeness (QED) is 0.471. The predicted molar refractivity (Wildman–Crippen MR) is 114 cm³/mol. The molecule has 142 valence electrons. The Morgan fingerprint density at radius 1 is 0.897 bits per heavy atom. The van der Waals surface area contributed by atoms with E-state index in [0.717, 1.165) is 63.1 Å². The Balaban J connectivity index is 1.88. The number of methoxy groups -OCH3 is 1. The van der Waals surface area contributed by atoms with E-state index in [2.05, 4.69) is 17.1 Å². The number of Topliss-reactive ketones (excluding diaryl/α,β-unsaturated/α-hetero) is 1. The highest BCUT2D eigenvalue weighted by Gasteiger charge is 2.26. The molecule has 4 aromatic rings. The molecule has 0 bridgehead atoms. The van der Waals surface area contributed by atoms with Crippen LogP contribution < -0.4 is 4.74 Å². The first-order valence-corrected chi connectivity index (χ1v) is 9.81. The molecule has 1 aliphatic carbocycles. The molecule has 0 amide bonds. The second-order valence-corrected chi connectivity index (χ2v) is 7.23. The Morgan fingerprint density at radius 2 is 1.76 bits per heavy atom. The van der Waals surface area contributed by atoms with Gasteiger partial charge in [0.15, 0.2) is 5.78 Å². The SMILES string of the molecule is COc1ccc2ccccc2c1-c1cc(-c2ccccn2)nc2c1C(=O)CCC2. The summed E-state index contributed by atoms with van der Waals surface area (Å²) in [5, 5.41) is 2.17. The molecule has 4 nitrogen and oxygen atoms in total. The van der Waals surface area contributed by atoms with E-state index in [-0.39, 0.29) is 5.78 Å². The van der Waals surface area contributed by atoms with Crippen molar-refractivity contribution in [2.75, 3.05) is 7.11 Å². The number of hydrogen-bond donors (Lipinski definition) is 0. The highest BCUT2D eigenvalue weighted by molar-refractivity contribution is 6.10. The number of fused-ring (bicyclic) bond motifs is 2. The molecule has 2 aromatic carbocycles. The maximum absolute atomic E-state index is 13.0. The minimum Gasteiger partial charge on any atom is -0.496 e. The van der Waals surface area contributed by atoms with Crippen LogP contribution in [0.3, 0.4) is 0 Å². The molecule has 0 atom stereocenters. The largest absolute Gasteiger partial charge is 0.496 e. The number of pyridine rings is 2. The zero-order valence-corrected chi connectivity index (χ0v) is 16.2. The number of aryl methyl sites for hydroxylation is 1. The van der Waals surface area contributed by atoms with Crippen molar-refractivity contribution in [3.05, 3.63) is 78.1 Å². The average Bonchev–Trinajstić information content (AvgIpc) is 2.78. The van der Waals surface area contributed by atoms with Crippen LogP contribution in [0.5, 0.6) is 5.75 Å². The minimum absolute atomic E-state index is 0.149. The first kappa shape index (κ1) is 17.6. The number of rotatable bonds is 3. The number of carbonyl (C=O) groups is 1. The van der Waals surface area contributed by atoms with Crippen LogP contribution in [0.1, 0.15) is 28.9 Å². The fourth-order valence-corrected chi connectivity index (χ4v) is 4.17. The van der Waals surface area contributed by atoms with E-state index in [1.165, 1.54) is 0 Å². The van der Waals surface area contributed by atoms with Gasteiger partial charge in [0.25, 0.3) is 0 Å². The number of hydrogen-bond acceptors (Lipinski definition) is 4. The molecular formula is C25H20N2O2. The van der Waals surface area contributed by atoms with Gasteiger partial charge < -0.3 is 4.74 Å². The molecule has 0 fully saturated rings. The molecule has 1 aliphatic rings. The lowest BCUT2D eigenvalue weighted by Gasteiger charge is -2.21. The van der Waals surface area contributed by atoms with Gasteiger partial charge in [-0.25, -0.2) is 0 Å². The van der Waals surface area contributed by atoms with Gasteiger partial charge in [-0.3, -0.25) is 14.8 Å². The summed E-state index contributed by atoms with van der Waals surface area (Å²) in [5.41, 5.74) is 4.99. The number of ketones is 1. The Labute approximate surface area is 169 Å². The zero-order chi connectivity index (χ0) is 19.8. The molecule has 0 saturated heterocycles. The van der Waals surface area contributed by atoms with Gasteiger partial charge in [-0.2, -0.15) is 0 Å². The van der Waals surface area contributed by atoms with Crippen molar-refractivity contribution in [3.8, 4) is 28.3 Å². The van der Waals surface area contributed by atoms with E-state index >= 15 is 0 Å². The molecule has 0 aliphatic heterocycles. The molecule has 0 spiro atoms. The summed E-state index contributed by atoms with van der Waals surface area (Å²) < 4.78 is 5.73. The molecule has 2 heterocycles. The number of benzene rings is 2. The van der Waals surface area contributed by atoms with Gasteiger partial charge >= 0.3 is 0 Å². The summed E-state index contributed by atoms with van der Waals surface area (Å²) in [5.74, 6) is 0.902. The van der Waals surface area contributed by atoms with Crippen LogP contribution in [0.15, 0.2) is 66.9 Å². The van der Waals surface area contributed by atoms with E-state index in [9.17, 15) is 4.79 Å². The number of nitrogens with zero attached hydrogens (tertiary/aromatic N) is 2. The molecule has 0 saturated carbocycles. The van der Waals surface area contributed by atoms with Gasteiger partial charge in [0.05, 0.1) is 24.2 Å². The Hall–Kier alpha value is -3.53. The van der Waals surface area contributed by atoms with Crippen LogP contribution in [0, 0.1) is 0 Å². The summed E-state index contributed by atoms with van der Waals surface area (Å²) in [4.78, 5) is 22.3. The Kier molecular flexibility index (Phi) is 4.32. The van der Waals surface area contributed by atoms with Gasteiger partial charge in [-0.15, -0.1) is 0 Å². The topological polar surface area (TPSA) is 52.1 Å². The molecule has 4 heteroatoms. The Morgan fingerprint density at radius 3 is 2.59 bits per heavy atom.